The highest BCUT2D eigenvalue weighted by molar-refractivity contribution is 5.95. The summed E-state index contributed by atoms with van der Waals surface area (Å²) in [5.41, 5.74) is 13.8. The number of carbonyl (C=O) groups excluding carboxylic acids is 3. The van der Waals surface area contributed by atoms with Gasteiger partial charge in [0.1, 0.15) is 18.1 Å². The topological polar surface area (TPSA) is 230 Å². The number of nitrogens with one attached hydrogen (secondary N) is 4. The van der Waals surface area contributed by atoms with Crippen LogP contribution in [0.4, 0.5) is 0 Å². The lowest BCUT2D eigenvalue weighted by molar-refractivity contribution is -0.143. The van der Waals surface area contributed by atoms with Crippen molar-refractivity contribution in [2.75, 3.05) is 6.54 Å². The Labute approximate surface area is 254 Å². The fraction of sp³-hybridized carbons (Fsp3) is 0.387. The molecule has 0 spiro atoms. The van der Waals surface area contributed by atoms with E-state index in [1.807, 2.05) is 24.3 Å². The Kier molecular flexibility index (Phi) is 12.9. The zero-order valence-electron chi connectivity index (χ0n) is 24.3. The monoisotopic (exact) mass is 608 g/mol. The zero-order chi connectivity index (χ0) is 32.1. The third-order valence-electron chi connectivity index (χ3n) is 7.22. The summed E-state index contributed by atoms with van der Waals surface area (Å²) < 4.78 is 0. The van der Waals surface area contributed by atoms with Gasteiger partial charge in [-0.1, -0.05) is 55.0 Å². The molecule has 0 radical (unpaired) electrons. The van der Waals surface area contributed by atoms with Gasteiger partial charge in [0.25, 0.3) is 0 Å². The average molecular weight is 609 g/mol. The van der Waals surface area contributed by atoms with E-state index in [9.17, 15) is 34.2 Å². The maximum atomic E-state index is 13.7. The number of unbranched alkanes of at least 4 members (excludes halogenated alkanes) is 1. The van der Waals surface area contributed by atoms with E-state index in [0.29, 0.717) is 31.4 Å². The fourth-order valence-corrected chi connectivity index (χ4v) is 4.78. The second kappa shape index (κ2) is 16.8. The molecule has 0 bridgehead atoms. The first-order valence-corrected chi connectivity index (χ1v) is 14.5. The van der Waals surface area contributed by atoms with Gasteiger partial charge in [-0.3, -0.25) is 19.2 Å². The molecule has 13 nitrogen and oxygen atoms in total. The number of aliphatic carboxylic acids is 2. The van der Waals surface area contributed by atoms with Gasteiger partial charge in [0, 0.05) is 36.4 Å². The minimum Gasteiger partial charge on any atom is -0.481 e. The molecule has 0 aliphatic carbocycles. The molecular weight excluding hydrogens is 568 g/mol. The summed E-state index contributed by atoms with van der Waals surface area (Å²) in [5, 5.41) is 27.5. The first-order valence-electron chi connectivity index (χ1n) is 14.5. The smallest absolute Gasteiger partial charge is 0.326 e. The van der Waals surface area contributed by atoms with Gasteiger partial charge < -0.3 is 42.6 Å². The molecule has 3 rings (SSSR count). The highest BCUT2D eigenvalue weighted by Crippen LogP contribution is 2.19. The van der Waals surface area contributed by atoms with Crippen LogP contribution in [0.2, 0.25) is 0 Å². The van der Waals surface area contributed by atoms with Crippen LogP contribution in [0.15, 0.2) is 60.8 Å². The van der Waals surface area contributed by atoms with Crippen molar-refractivity contribution in [2.45, 2.75) is 69.1 Å². The number of aromatic nitrogens is 1. The summed E-state index contributed by atoms with van der Waals surface area (Å²) in [4.78, 5) is 66.4. The van der Waals surface area contributed by atoms with Crippen molar-refractivity contribution < 1.29 is 34.2 Å². The lowest BCUT2D eigenvalue weighted by Gasteiger charge is -2.25. The van der Waals surface area contributed by atoms with Crippen LogP contribution in [0.1, 0.15) is 43.2 Å². The number of aromatic amines is 1. The number of benzene rings is 2. The van der Waals surface area contributed by atoms with Crippen molar-refractivity contribution >= 4 is 40.6 Å². The van der Waals surface area contributed by atoms with Crippen molar-refractivity contribution in [3.63, 3.8) is 0 Å². The molecule has 1 heterocycles. The van der Waals surface area contributed by atoms with Crippen LogP contribution in [0.25, 0.3) is 10.9 Å². The molecular formula is C31H40N6O7. The van der Waals surface area contributed by atoms with E-state index < -0.39 is 60.2 Å². The second-order valence-electron chi connectivity index (χ2n) is 10.6. The zero-order valence-corrected chi connectivity index (χ0v) is 24.3. The molecule has 13 heteroatoms. The van der Waals surface area contributed by atoms with E-state index in [1.165, 1.54) is 0 Å². The SMILES string of the molecule is NCCCCC(N)C(=O)NC(Cc1c[nH]c2ccccc12)C(=O)NC(CCC(=O)O)C(=O)NC(Cc1ccccc1)C(=O)O. The summed E-state index contributed by atoms with van der Waals surface area (Å²) in [7, 11) is 0. The minimum absolute atomic E-state index is 0.0250. The summed E-state index contributed by atoms with van der Waals surface area (Å²) in [6, 6.07) is 11.3. The summed E-state index contributed by atoms with van der Waals surface area (Å²) >= 11 is 0. The Bertz CT molecular complexity index is 1430. The van der Waals surface area contributed by atoms with Gasteiger partial charge in [-0.05, 0) is 43.0 Å². The molecule has 236 valence electrons. The number of hydrogen-bond donors (Lipinski definition) is 8. The van der Waals surface area contributed by atoms with Crippen molar-refractivity contribution in [3.8, 4) is 0 Å². The Balaban J connectivity index is 1.82. The highest BCUT2D eigenvalue weighted by Gasteiger charge is 2.31. The first kappa shape index (κ1) is 33.7. The number of carboxylic acid groups (broad SMARTS) is 2. The number of para-hydroxylation sites is 1. The molecule has 3 aromatic rings. The van der Waals surface area contributed by atoms with E-state index in [2.05, 4.69) is 20.9 Å². The van der Waals surface area contributed by atoms with Crippen LogP contribution in [-0.2, 0) is 36.8 Å². The third kappa shape index (κ3) is 10.2. The average Bonchev–Trinajstić information content (AvgIpc) is 3.41. The van der Waals surface area contributed by atoms with E-state index in [1.54, 1.807) is 36.5 Å². The van der Waals surface area contributed by atoms with Crippen LogP contribution >= 0.6 is 0 Å². The van der Waals surface area contributed by atoms with E-state index in [0.717, 1.165) is 16.5 Å². The van der Waals surface area contributed by atoms with Crippen molar-refractivity contribution in [2.24, 2.45) is 11.5 Å². The lowest BCUT2D eigenvalue weighted by atomic mass is 10.0. The molecule has 4 unspecified atom stereocenters. The van der Waals surface area contributed by atoms with Crippen molar-refractivity contribution in [1.82, 2.24) is 20.9 Å². The molecule has 3 amide bonds. The van der Waals surface area contributed by atoms with Crippen LogP contribution < -0.4 is 27.4 Å². The minimum atomic E-state index is -1.39. The predicted molar refractivity (Wildman–Crippen MR) is 163 cm³/mol. The molecule has 1 aromatic heterocycles. The number of H-pyrrole nitrogens is 1. The number of carboxylic acids is 2. The van der Waals surface area contributed by atoms with Crippen LogP contribution in [-0.4, -0.2) is 75.6 Å². The van der Waals surface area contributed by atoms with E-state index >= 15 is 0 Å². The summed E-state index contributed by atoms with van der Waals surface area (Å²) in [5.74, 6) is -4.68. The summed E-state index contributed by atoms with van der Waals surface area (Å²) in [6.45, 7) is 0.452. The normalized spacial score (nSPS) is 13.8. The largest absolute Gasteiger partial charge is 0.481 e. The van der Waals surface area contributed by atoms with Crippen molar-refractivity contribution in [1.29, 1.82) is 0 Å². The molecule has 4 atom stereocenters. The molecule has 0 saturated heterocycles. The molecule has 0 aliphatic heterocycles. The Morgan fingerprint density at radius 2 is 1.39 bits per heavy atom. The standard InChI is InChI=1S/C31H40N6O7/c32-15-7-6-11-22(33)28(40)36-25(17-20-18-34-23-12-5-4-10-21(20)23)30(42)35-24(13-14-27(38)39)29(41)37-26(31(43)44)16-19-8-2-1-3-9-19/h1-5,8-10,12,18,22,24-26,34H,6-7,11,13-17,32-33H2,(H,35,42)(H,36,40)(H,37,41)(H,38,39)(H,43,44). The number of hydrogen-bond acceptors (Lipinski definition) is 7. The Morgan fingerprint density at radius 1 is 0.750 bits per heavy atom. The maximum Gasteiger partial charge on any atom is 0.326 e. The predicted octanol–water partition coefficient (Wildman–Crippen LogP) is 0.813. The van der Waals surface area contributed by atoms with Gasteiger partial charge in [-0.2, -0.15) is 0 Å². The Morgan fingerprint density at radius 3 is 2.07 bits per heavy atom. The van der Waals surface area contributed by atoms with Crippen LogP contribution in [0.5, 0.6) is 0 Å². The highest BCUT2D eigenvalue weighted by atomic mass is 16.4. The van der Waals surface area contributed by atoms with Crippen LogP contribution in [0.3, 0.4) is 0 Å². The number of rotatable bonds is 18. The Hall–Kier alpha value is -4.75. The second-order valence-corrected chi connectivity index (χ2v) is 10.6. The van der Waals surface area contributed by atoms with Crippen molar-refractivity contribution in [3.05, 3.63) is 71.9 Å². The quantitative estimate of drug-likeness (QED) is 0.0954. The molecule has 0 saturated carbocycles. The van der Waals surface area contributed by atoms with Gasteiger partial charge in [0.2, 0.25) is 17.7 Å². The van der Waals surface area contributed by atoms with Gasteiger partial charge in [-0.15, -0.1) is 0 Å². The fourth-order valence-electron chi connectivity index (χ4n) is 4.78. The van der Waals surface area contributed by atoms with E-state index in [4.69, 9.17) is 11.5 Å². The molecule has 10 N–H and O–H groups in total. The molecule has 44 heavy (non-hydrogen) atoms. The first-order chi connectivity index (χ1) is 21.1. The van der Waals surface area contributed by atoms with Gasteiger partial charge >= 0.3 is 11.9 Å². The van der Waals surface area contributed by atoms with Gasteiger partial charge in [0.15, 0.2) is 0 Å². The maximum absolute atomic E-state index is 13.7. The van der Waals surface area contributed by atoms with E-state index in [-0.39, 0.29) is 19.3 Å². The van der Waals surface area contributed by atoms with Gasteiger partial charge in [-0.25, -0.2) is 4.79 Å². The number of carbonyl (C=O) groups is 5. The molecule has 0 fully saturated rings. The molecule has 0 aliphatic rings. The summed E-state index contributed by atoms with van der Waals surface area (Å²) in [6.07, 6.45) is 2.61. The number of nitrogens with two attached hydrogens (primary N) is 2. The number of amides is 3. The number of fused-ring (bicyclic) bond motifs is 1. The van der Waals surface area contributed by atoms with Crippen LogP contribution in [0, 0.1) is 0 Å². The molecule has 2 aromatic carbocycles. The lowest BCUT2D eigenvalue weighted by Crippen LogP contribution is -2.57. The third-order valence-corrected chi connectivity index (χ3v) is 7.22. The van der Waals surface area contributed by atoms with Gasteiger partial charge in [0.05, 0.1) is 6.04 Å².